The molecule has 0 unspecified atom stereocenters. The van der Waals surface area contributed by atoms with Crippen LogP contribution in [0.5, 0.6) is 0 Å². The Kier molecular flexibility index (Phi) is 3.38. The number of aryl methyl sites for hydroxylation is 1. The quantitative estimate of drug-likeness (QED) is 0.729. The molecule has 0 saturated heterocycles. The molecule has 0 bridgehead atoms. The third-order valence-electron chi connectivity index (χ3n) is 2.99. The van der Waals surface area contributed by atoms with E-state index in [0.717, 1.165) is 27.7 Å². The summed E-state index contributed by atoms with van der Waals surface area (Å²) in [4.78, 5) is 4.11. The molecule has 4 nitrogen and oxygen atoms in total. The van der Waals surface area contributed by atoms with Crippen LogP contribution < -0.4 is 0 Å². The van der Waals surface area contributed by atoms with E-state index >= 15 is 0 Å². The lowest BCUT2D eigenvalue weighted by atomic mass is 10.2. The van der Waals surface area contributed by atoms with Crippen LogP contribution in [-0.2, 0) is 0 Å². The van der Waals surface area contributed by atoms with Crippen LogP contribution in [0.25, 0.3) is 17.1 Å². The number of halogens is 1. The normalized spacial score (nSPS) is 10.7. The van der Waals surface area contributed by atoms with Gasteiger partial charge in [-0.1, -0.05) is 11.6 Å². The average Bonchev–Trinajstić information content (AvgIpc) is 2.85. The first kappa shape index (κ1) is 13.0. The maximum atomic E-state index is 6.07. The van der Waals surface area contributed by atoms with E-state index in [1.54, 1.807) is 12.4 Å². The molecule has 0 aliphatic carbocycles. The van der Waals surface area contributed by atoms with Gasteiger partial charge in [0.15, 0.2) is 10.6 Å². The Morgan fingerprint density at radius 1 is 1.30 bits per heavy atom. The summed E-state index contributed by atoms with van der Waals surface area (Å²) in [5.41, 5.74) is 2.81. The molecule has 1 aromatic carbocycles. The fraction of sp³-hybridized carbons (Fsp3) is 0.0714. The minimum absolute atomic E-state index is 0.533. The molecule has 0 aliphatic rings. The van der Waals surface area contributed by atoms with Gasteiger partial charge in [-0.05, 0) is 55.0 Å². The van der Waals surface area contributed by atoms with Gasteiger partial charge in [0.25, 0.3) is 0 Å². The predicted molar refractivity (Wildman–Crippen MR) is 81.7 cm³/mol. The molecule has 6 heteroatoms. The van der Waals surface area contributed by atoms with Gasteiger partial charge in [0.1, 0.15) is 0 Å². The summed E-state index contributed by atoms with van der Waals surface area (Å²) in [6, 6.07) is 9.56. The Labute approximate surface area is 126 Å². The third-order valence-corrected chi connectivity index (χ3v) is 3.69. The van der Waals surface area contributed by atoms with Gasteiger partial charge in [0, 0.05) is 23.0 Å². The smallest absolute Gasteiger partial charge is 0.200 e. The van der Waals surface area contributed by atoms with Gasteiger partial charge in [-0.15, -0.1) is 0 Å². The summed E-state index contributed by atoms with van der Waals surface area (Å²) in [7, 11) is 0. The SMILES string of the molecule is Cc1cc(-n2c(-c3cccnc3)n[nH]c2=S)ccc1Cl. The van der Waals surface area contributed by atoms with E-state index < -0.39 is 0 Å². The fourth-order valence-electron chi connectivity index (χ4n) is 1.99. The second kappa shape index (κ2) is 5.19. The molecule has 0 amide bonds. The highest BCUT2D eigenvalue weighted by atomic mass is 35.5. The van der Waals surface area contributed by atoms with Crippen LogP contribution in [-0.4, -0.2) is 19.7 Å². The van der Waals surface area contributed by atoms with E-state index in [-0.39, 0.29) is 0 Å². The van der Waals surface area contributed by atoms with Crippen molar-refractivity contribution in [3.8, 4) is 17.1 Å². The Balaban J connectivity index is 2.22. The second-order valence-corrected chi connectivity index (χ2v) is 5.16. The molecule has 0 atom stereocenters. The molecule has 20 heavy (non-hydrogen) atoms. The highest BCUT2D eigenvalue weighted by molar-refractivity contribution is 7.71. The third kappa shape index (κ3) is 2.26. The minimum Gasteiger partial charge on any atom is -0.268 e. The van der Waals surface area contributed by atoms with Crippen LogP contribution >= 0.6 is 23.8 Å². The zero-order valence-electron chi connectivity index (χ0n) is 10.7. The monoisotopic (exact) mass is 302 g/mol. The van der Waals surface area contributed by atoms with E-state index in [2.05, 4.69) is 15.2 Å². The number of benzene rings is 1. The Hall–Kier alpha value is -1.98. The second-order valence-electron chi connectivity index (χ2n) is 4.36. The summed E-state index contributed by atoms with van der Waals surface area (Å²) in [5.74, 6) is 0.727. The molecule has 2 aromatic heterocycles. The first-order valence-electron chi connectivity index (χ1n) is 6.01. The molecule has 2 heterocycles. The largest absolute Gasteiger partial charge is 0.268 e. The van der Waals surface area contributed by atoms with Crippen LogP contribution in [0, 0.1) is 11.7 Å². The van der Waals surface area contributed by atoms with Gasteiger partial charge in [0.05, 0.1) is 5.69 Å². The Bertz CT molecular complexity index is 808. The van der Waals surface area contributed by atoms with Crippen LogP contribution in [0.1, 0.15) is 5.56 Å². The summed E-state index contributed by atoms with van der Waals surface area (Å²) in [6.45, 7) is 1.96. The zero-order chi connectivity index (χ0) is 14.1. The van der Waals surface area contributed by atoms with Gasteiger partial charge >= 0.3 is 0 Å². The first-order chi connectivity index (χ1) is 9.66. The van der Waals surface area contributed by atoms with Gasteiger partial charge < -0.3 is 0 Å². The van der Waals surface area contributed by atoms with Gasteiger partial charge in [0.2, 0.25) is 0 Å². The number of nitrogens with one attached hydrogen (secondary N) is 1. The average molecular weight is 303 g/mol. The van der Waals surface area contributed by atoms with Gasteiger partial charge in [-0.2, -0.15) is 5.10 Å². The van der Waals surface area contributed by atoms with Crippen LogP contribution in [0.15, 0.2) is 42.7 Å². The van der Waals surface area contributed by atoms with Crippen molar-refractivity contribution in [2.75, 3.05) is 0 Å². The predicted octanol–water partition coefficient (Wildman–Crippen LogP) is 3.95. The summed E-state index contributed by atoms with van der Waals surface area (Å²) >= 11 is 11.4. The maximum Gasteiger partial charge on any atom is 0.200 e. The molecule has 1 N–H and O–H groups in total. The molecular formula is C14H11ClN4S. The van der Waals surface area contributed by atoms with Crippen LogP contribution in [0.3, 0.4) is 0 Å². The number of nitrogens with zero attached hydrogens (tertiary/aromatic N) is 3. The van der Waals surface area contributed by atoms with Crippen molar-refractivity contribution in [3.05, 3.63) is 58.1 Å². The molecule has 3 rings (SSSR count). The van der Waals surface area contributed by atoms with Crippen LogP contribution in [0.2, 0.25) is 5.02 Å². The van der Waals surface area contributed by atoms with Gasteiger partial charge in [-0.25, -0.2) is 0 Å². The van der Waals surface area contributed by atoms with E-state index in [1.807, 2.05) is 41.8 Å². The van der Waals surface area contributed by atoms with E-state index in [0.29, 0.717) is 4.77 Å². The lowest BCUT2D eigenvalue weighted by Gasteiger charge is -2.08. The lowest BCUT2D eigenvalue weighted by molar-refractivity contribution is 1.03. The minimum atomic E-state index is 0.533. The van der Waals surface area contributed by atoms with E-state index in [4.69, 9.17) is 23.8 Å². The summed E-state index contributed by atoms with van der Waals surface area (Å²) in [6.07, 6.45) is 3.48. The van der Waals surface area contributed by atoms with Crippen molar-refractivity contribution < 1.29 is 0 Å². The molecule has 0 saturated carbocycles. The van der Waals surface area contributed by atoms with Crippen molar-refractivity contribution in [1.29, 1.82) is 0 Å². The number of aromatic amines is 1. The number of aromatic nitrogens is 4. The maximum absolute atomic E-state index is 6.07. The first-order valence-corrected chi connectivity index (χ1v) is 6.80. The van der Waals surface area contributed by atoms with Crippen molar-refractivity contribution in [3.63, 3.8) is 0 Å². The van der Waals surface area contributed by atoms with E-state index in [1.165, 1.54) is 0 Å². The van der Waals surface area contributed by atoms with Crippen LogP contribution in [0.4, 0.5) is 0 Å². The molecular weight excluding hydrogens is 292 g/mol. The topological polar surface area (TPSA) is 46.5 Å². The molecule has 3 aromatic rings. The summed E-state index contributed by atoms with van der Waals surface area (Å²) < 4.78 is 2.40. The number of H-pyrrole nitrogens is 1. The molecule has 0 radical (unpaired) electrons. The van der Waals surface area contributed by atoms with Crippen molar-refractivity contribution in [2.45, 2.75) is 6.92 Å². The van der Waals surface area contributed by atoms with E-state index in [9.17, 15) is 0 Å². The number of hydrogen-bond acceptors (Lipinski definition) is 3. The van der Waals surface area contributed by atoms with Crippen molar-refractivity contribution >= 4 is 23.8 Å². The molecule has 0 fully saturated rings. The highest BCUT2D eigenvalue weighted by Gasteiger charge is 2.11. The number of hydrogen-bond donors (Lipinski definition) is 1. The Morgan fingerprint density at radius 2 is 2.15 bits per heavy atom. The standard InChI is InChI=1S/C14H11ClN4S/c1-9-7-11(4-5-12(9)15)19-13(17-18-14(19)20)10-3-2-6-16-8-10/h2-8H,1H3,(H,18,20). The summed E-state index contributed by atoms with van der Waals surface area (Å²) in [5, 5.41) is 7.84. The van der Waals surface area contributed by atoms with Gasteiger partial charge in [-0.3, -0.25) is 14.6 Å². The Morgan fingerprint density at radius 3 is 2.85 bits per heavy atom. The molecule has 0 spiro atoms. The highest BCUT2D eigenvalue weighted by Crippen LogP contribution is 2.24. The molecule has 0 aliphatic heterocycles. The number of pyridine rings is 1. The van der Waals surface area contributed by atoms with Crippen molar-refractivity contribution in [1.82, 2.24) is 19.7 Å². The number of rotatable bonds is 2. The molecule has 100 valence electrons. The zero-order valence-corrected chi connectivity index (χ0v) is 12.2. The fourth-order valence-corrected chi connectivity index (χ4v) is 2.35. The van der Waals surface area contributed by atoms with Crippen molar-refractivity contribution in [2.24, 2.45) is 0 Å². The lowest BCUT2D eigenvalue weighted by Crippen LogP contribution is -1.98.